The average molecular weight is 340 g/mol. The van der Waals surface area contributed by atoms with Crippen molar-refractivity contribution in [3.63, 3.8) is 0 Å². The summed E-state index contributed by atoms with van der Waals surface area (Å²) >= 11 is 0.879. The molecule has 0 spiro atoms. The third kappa shape index (κ3) is 5.74. The lowest BCUT2D eigenvalue weighted by molar-refractivity contribution is -0.0326. The molecule has 0 fully saturated rings. The summed E-state index contributed by atoms with van der Waals surface area (Å²) < 4.78 is 36.2. The summed E-state index contributed by atoms with van der Waals surface area (Å²) in [6.07, 6.45) is 0. The molecule has 0 saturated carbocycles. The van der Waals surface area contributed by atoms with Crippen LogP contribution in [0.4, 0.5) is 13.2 Å². The lowest BCUT2D eigenvalue weighted by atomic mass is 10.2. The van der Waals surface area contributed by atoms with E-state index in [1.807, 2.05) is 13.8 Å². The number of hydrogen-bond donors (Lipinski definition) is 1. The van der Waals surface area contributed by atoms with Crippen LogP contribution in [0.1, 0.15) is 41.6 Å². The molecule has 0 radical (unpaired) electrons. The van der Waals surface area contributed by atoms with E-state index in [1.54, 1.807) is 6.92 Å². The number of aromatic nitrogens is 2. The summed E-state index contributed by atoms with van der Waals surface area (Å²) in [4.78, 5) is 19.5. The van der Waals surface area contributed by atoms with Crippen molar-refractivity contribution in [2.45, 2.75) is 37.2 Å². The Hall–Kier alpha value is -0.960. The Morgan fingerprint density at radius 2 is 1.90 bits per heavy atom. The summed E-state index contributed by atoms with van der Waals surface area (Å²) in [6, 6.07) is 0. The zero-order valence-electron chi connectivity index (χ0n) is 11.7. The van der Waals surface area contributed by atoms with Gasteiger partial charge in [-0.15, -0.1) is 11.8 Å². The van der Waals surface area contributed by atoms with Crippen LogP contribution in [0, 0.1) is 6.92 Å². The Kier molecular flexibility index (Phi) is 6.33. The van der Waals surface area contributed by atoms with Gasteiger partial charge in [0.15, 0.2) is 0 Å². The molecule has 4 nitrogen and oxygen atoms in total. The Balaban J connectivity index is 2.90. The average Bonchev–Trinajstić information content (AvgIpc) is 2.32. The standard InChI is InChI=1S/C12H15F3N2O2S2/c1-6(2)9-16-7(3)8(11(18)19)10(17-9)20-4-5-21-12(13,14)15/h6H,4-5H2,1-3H3,(H,18,19). The molecular weight excluding hydrogens is 325 g/mol. The molecular formula is C12H15F3N2O2S2. The summed E-state index contributed by atoms with van der Waals surface area (Å²) in [5, 5.41) is 9.41. The second kappa shape index (κ2) is 7.35. The van der Waals surface area contributed by atoms with Gasteiger partial charge in [-0.2, -0.15) is 13.2 Å². The summed E-state index contributed by atoms with van der Waals surface area (Å²) in [5.41, 5.74) is -3.99. The van der Waals surface area contributed by atoms with E-state index in [4.69, 9.17) is 0 Å². The molecule has 0 unspecified atom stereocenters. The number of aromatic carboxylic acids is 1. The van der Waals surface area contributed by atoms with Gasteiger partial charge in [-0.25, -0.2) is 14.8 Å². The molecule has 1 aromatic rings. The largest absolute Gasteiger partial charge is 0.478 e. The van der Waals surface area contributed by atoms with E-state index in [0.717, 1.165) is 11.8 Å². The molecule has 118 valence electrons. The van der Waals surface area contributed by atoms with Gasteiger partial charge in [0.1, 0.15) is 16.4 Å². The van der Waals surface area contributed by atoms with Crippen molar-refractivity contribution in [1.82, 2.24) is 9.97 Å². The van der Waals surface area contributed by atoms with Gasteiger partial charge in [0, 0.05) is 17.4 Å². The van der Waals surface area contributed by atoms with Crippen molar-refractivity contribution in [3.05, 3.63) is 17.1 Å². The molecule has 21 heavy (non-hydrogen) atoms. The highest BCUT2D eigenvalue weighted by molar-refractivity contribution is 8.03. The molecule has 9 heteroatoms. The smallest absolute Gasteiger partial charge is 0.441 e. The van der Waals surface area contributed by atoms with E-state index in [9.17, 15) is 23.1 Å². The zero-order valence-corrected chi connectivity index (χ0v) is 13.3. The van der Waals surface area contributed by atoms with Crippen molar-refractivity contribution in [2.75, 3.05) is 11.5 Å². The first-order valence-electron chi connectivity index (χ1n) is 6.07. The third-order valence-electron chi connectivity index (χ3n) is 2.39. The van der Waals surface area contributed by atoms with Crippen LogP contribution in [0.2, 0.25) is 0 Å². The Labute approximate surface area is 128 Å². The molecule has 1 N–H and O–H groups in total. The first-order chi connectivity index (χ1) is 9.61. The van der Waals surface area contributed by atoms with E-state index in [-0.39, 0.29) is 39.8 Å². The van der Waals surface area contributed by atoms with Crippen LogP contribution >= 0.6 is 23.5 Å². The fourth-order valence-electron chi connectivity index (χ4n) is 1.47. The lowest BCUT2D eigenvalue weighted by Gasteiger charge is -2.12. The van der Waals surface area contributed by atoms with Gasteiger partial charge in [-0.05, 0) is 6.92 Å². The molecule has 0 aliphatic heterocycles. The number of halogens is 3. The highest BCUT2D eigenvalue weighted by atomic mass is 32.2. The molecule has 0 bridgehead atoms. The number of carbonyl (C=O) groups is 1. The minimum Gasteiger partial charge on any atom is -0.478 e. The molecule has 0 amide bonds. The summed E-state index contributed by atoms with van der Waals surface area (Å²) in [7, 11) is 0. The van der Waals surface area contributed by atoms with Crippen LogP contribution in [-0.4, -0.2) is 38.1 Å². The van der Waals surface area contributed by atoms with Gasteiger partial charge in [0.25, 0.3) is 0 Å². The van der Waals surface area contributed by atoms with E-state index in [2.05, 4.69) is 9.97 Å². The van der Waals surface area contributed by atoms with E-state index >= 15 is 0 Å². The highest BCUT2D eigenvalue weighted by Gasteiger charge is 2.27. The predicted molar refractivity (Wildman–Crippen MR) is 77.1 cm³/mol. The maximum Gasteiger partial charge on any atom is 0.441 e. The van der Waals surface area contributed by atoms with E-state index in [1.165, 1.54) is 0 Å². The molecule has 1 rings (SSSR count). The third-order valence-corrected chi connectivity index (χ3v) is 4.36. The first kappa shape index (κ1) is 18.1. The number of nitrogens with zero attached hydrogens (tertiary/aromatic N) is 2. The number of hydrogen-bond acceptors (Lipinski definition) is 5. The van der Waals surface area contributed by atoms with Crippen LogP contribution in [0.25, 0.3) is 0 Å². The van der Waals surface area contributed by atoms with Crippen molar-refractivity contribution in [1.29, 1.82) is 0 Å². The van der Waals surface area contributed by atoms with Crippen LogP contribution < -0.4 is 0 Å². The maximum absolute atomic E-state index is 12.1. The van der Waals surface area contributed by atoms with Crippen LogP contribution in [0.15, 0.2) is 5.03 Å². The van der Waals surface area contributed by atoms with Gasteiger partial charge in [-0.1, -0.05) is 25.6 Å². The second-order valence-electron chi connectivity index (χ2n) is 4.45. The Morgan fingerprint density at radius 1 is 1.29 bits per heavy atom. The number of carboxylic acid groups (broad SMARTS) is 1. The monoisotopic (exact) mass is 340 g/mol. The minimum atomic E-state index is -4.28. The molecule has 0 aliphatic carbocycles. The fraction of sp³-hybridized carbons (Fsp3) is 0.583. The summed E-state index contributed by atoms with van der Waals surface area (Å²) in [5.74, 6) is -0.709. The normalized spacial score (nSPS) is 12.0. The number of carboxylic acids is 1. The van der Waals surface area contributed by atoms with Crippen molar-refractivity contribution in [2.24, 2.45) is 0 Å². The molecule has 1 aromatic heterocycles. The number of thioether (sulfide) groups is 2. The molecule has 0 saturated heterocycles. The predicted octanol–water partition coefficient (Wildman–Crippen LogP) is 3.95. The fourth-order valence-corrected chi connectivity index (χ4v) is 3.10. The number of aryl methyl sites for hydroxylation is 1. The molecule has 1 heterocycles. The number of alkyl halides is 3. The van der Waals surface area contributed by atoms with Gasteiger partial charge in [0.2, 0.25) is 0 Å². The zero-order chi connectivity index (χ0) is 16.2. The van der Waals surface area contributed by atoms with Gasteiger partial charge in [0.05, 0.1) is 5.69 Å². The van der Waals surface area contributed by atoms with Crippen molar-refractivity contribution >= 4 is 29.5 Å². The van der Waals surface area contributed by atoms with Crippen LogP contribution in [-0.2, 0) is 0 Å². The topological polar surface area (TPSA) is 63.1 Å². The van der Waals surface area contributed by atoms with E-state index in [0.29, 0.717) is 11.5 Å². The van der Waals surface area contributed by atoms with Crippen LogP contribution in [0.3, 0.4) is 0 Å². The highest BCUT2D eigenvalue weighted by Crippen LogP contribution is 2.32. The SMILES string of the molecule is Cc1nc(C(C)C)nc(SCCSC(F)(F)F)c1C(=O)O. The molecule has 0 aliphatic rings. The minimum absolute atomic E-state index is 0.00967. The first-order valence-corrected chi connectivity index (χ1v) is 8.04. The van der Waals surface area contributed by atoms with Gasteiger partial charge in [-0.3, -0.25) is 0 Å². The van der Waals surface area contributed by atoms with Gasteiger partial charge < -0.3 is 5.11 Å². The van der Waals surface area contributed by atoms with Crippen molar-refractivity contribution < 1.29 is 23.1 Å². The Bertz CT molecular complexity index is 522. The maximum atomic E-state index is 12.1. The number of rotatable bonds is 6. The van der Waals surface area contributed by atoms with Crippen molar-refractivity contribution in [3.8, 4) is 0 Å². The van der Waals surface area contributed by atoms with Crippen LogP contribution in [0.5, 0.6) is 0 Å². The second-order valence-corrected chi connectivity index (χ2v) is 6.69. The quantitative estimate of drug-likeness (QED) is 0.481. The molecule has 0 aromatic carbocycles. The van der Waals surface area contributed by atoms with E-state index < -0.39 is 11.5 Å². The summed E-state index contributed by atoms with van der Waals surface area (Å²) in [6.45, 7) is 5.29. The molecule has 0 atom stereocenters. The van der Waals surface area contributed by atoms with Gasteiger partial charge >= 0.3 is 11.5 Å². The lowest BCUT2D eigenvalue weighted by Crippen LogP contribution is -2.11. The Morgan fingerprint density at radius 3 is 2.38 bits per heavy atom.